The summed E-state index contributed by atoms with van der Waals surface area (Å²) in [6.45, 7) is 0. The van der Waals surface area contributed by atoms with E-state index in [1.807, 2.05) is 12.1 Å². The molecular formula is C22H18ClFN2. The molecule has 1 aliphatic rings. The Bertz CT molecular complexity index is 1040. The summed E-state index contributed by atoms with van der Waals surface area (Å²) >= 11 is 6.09. The van der Waals surface area contributed by atoms with Crippen molar-refractivity contribution in [1.29, 1.82) is 0 Å². The predicted octanol–water partition coefficient (Wildman–Crippen LogP) is 6.14. The van der Waals surface area contributed by atoms with E-state index in [9.17, 15) is 4.39 Å². The summed E-state index contributed by atoms with van der Waals surface area (Å²) in [7, 11) is 0. The molecule has 0 amide bonds. The molecule has 2 nitrogen and oxygen atoms in total. The third-order valence-electron chi connectivity index (χ3n) is 4.89. The first-order valence-electron chi connectivity index (χ1n) is 8.77. The Morgan fingerprint density at radius 2 is 1.27 bits per heavy atom. The molecule has 0 aliphatic heterocycles. The molecule has 4 heteroatoms. The van der Waals surface area contributed by atoms with E-state index in [1.54, 1.807) is 24.8 Å². The van der Waals surface area contributed by atoms with Gasteiger partial charge in [0.25, 0.3) is 0 Å². The van der Waals surface area contributed by atoms with Crippen molar-refractivity contribution in [3.8, 4) is 0 Å². The number of aromatic nitrogens is 2. The maximum absolute atomic E-state index is 13.6. The highest BCUT2D eigenvalue weighted by Gasteiger charge is 2.14. The van der Waals surface area contributed by atoms with Gasteiger partial charge in [0, 0.05) is 30.2 Å². The van der Waals surface area contributed by atoms with Crippen molar-refractivity contribution in [3.63, 3.8) is 0 Å². The first-order valence-corrected chi connectivity index (χ1v) is 9.14. The van der Waals surface area contributed by atoms with Gasteiger partial charge in [0.1, 0.15) is 5.82 Å². The lowest BCUT2D eigenvalue weighted by molar-refractivity contribution is 0.630. The zero-order valence-electron chi connectivity index (χ0n) is 14.3. The lowest BCUT2D eigenvalue weighted by Gasteiger charge is -2.19. The Labute approximate surface area is 156 Å². The molecule has 0 atom stereocenters. The average molecular weight is 365 g/mol. The molecule has 0 spiro atoms. The molecule has 3 aromatic carbocycles. The number of halogens is 2. The van der Waals surface area contributed by atoms with Crippen LogP contribution in [-0.4, -0.2) is 9.97 Å². The Hall–Kier alpha value is -2.52. The summed E-state index contributed by atoms with van der Waals surface area (Å²) in [4.78, 5) is 7.44. The standard InChI is InChI=1S/C18H14ClF.C4H4N2/c19-18-16-8-7-13-12-4-2-1-3-11(12)5-6-14(13)15(16)9-10-17(18)20;1-2-6-4-3-5-1/h5-10H,1-4H2;1-4H. The largest absolute Gasteiger partial charge is 0.262 e. The summed E-state index contributed by atoms with van der Waals surface area (Å²) in [5.74, 6) is -0.350. The summed E-state index contributed by atoms with van der Waals surface area (Å²) in [5, 5.41) is 4.56. The average Bonchev–Trinajstić information content (AvgIpc) is 2.72. The van der Waals surface area contributed by atoms with Crippen LogP contribution in [0, 0.1) is 5.82 Å². The van der Waals surface area contributed by atoms with Gasteiger partial charge in [0.2, 0.25) is 0 Å². The zero-order valence-corrected chi connectivity index (χ0v) is 15.0. The highest BCUT2D eigenvalue weighted by atomic mass is 35.5. The molecule has 1 heterocycles. The van der Waals surface area contributed by atoms with Crippen LogP contribution in [0.3, 0.4) is 0 Å². The SMILES string of the molecule is Fc1ccc2c(ccc3c4c(ccc32)CCCC4)c1Cl.c1cnccn1. The van der Waals surface area contributed by atoms with Gasteiger partial charge in [-0.1, -0.05) is 41.9 Å². The van der Waals surface area contributed by atoms with Gasteiger partial charge in [0.15, 0.2) is 0 Å². The van der Waals surface area contributed by atoms with E-state index in [1.165, 1.54) is 47.2 Å². The molecule has 0 saturated carbocycles. The van der Waals surface area contributed by atoms with E-state index in [0.29, 0.717) is 0 Å². The minimum Gasteiger partial charge on any atom is -0.262 e. The van der Waals surface area contributed by atoms with E-state index in [0.717, 1.165) is 17.2 Å². The fourth-order valence-electron chi connectivity index (χ4n) is 3.67. The minimum atomic E-state index is -0.350. The highest BCUT2D eigenvalue weighted by molar-refractivity contribution is 6.36. The van der Waals surface area contributed by atoms with Crippen LogP contribution in [0.4, 0.5) is 4.39 Å². The van der Waals surface area contributed by atoms with Crippen molar-refractivity contribution < 1.29 is 4.39 Å². The van der Waals surface area contributed by atoms with Crippen LogP contribution in [0.15, 0.2) is 61.2 Å². The van der Waals surface area contributed by atoms with Gasteiger partial charge in [-0.2, -0.15) is 0 Å². The lowest BCUT2D eigenvalue weighted by atomic mass is 9.86. The number of hydrogen-bond acceptors (Lipinski definition) is 2. The van der Waals surface area contributed by atoms with Gasteiger partial charge in [-0.05, 0) is 59.0 Å². The van der Waals surface area contributed by atoms with Crippen molar-refractivity contribution in [2.75, 3.05) is 0 Å². The second kappa shape index (κ2) is 7.38. The van der Waals surface area contributed by atoms with Crippen LogP contribution in [0.1, 0.15) is 24.0 Å². The number of nitrogens with zero attached hydrogens (tertiary/aromatic N) is 2. The molecule has 4 aromatic rings. The molecule has 26 heavy (non-hydrogen) atoms. The van der Waals surface area contributed by atoms with Crippen molar-refractivity contribution >= 4 is 33.1 Å². The molecule has 130 valence electrons. The summed E-state index contributed by atoms with van der Waals surface area (Å²) in [5.41, 5.74) is 2.94. The molecule has 1 aliphatic carbocycles. The maximum Gasteiger partial charge on any atom is 0.142 e. The molecule has 0 saturated heterocycles. The molecule has 1 aromatic heterocycles. The van der Waals surface area contributed by atoms with Crippen LogP contribution in [-0.2, 0) is 12.8 Å². The van der Waals surface area contributed by atoms with E-state index in [2.05, 4.69) is 28.2 Å². The number of rotatable bonds is 0. The van der Waals surface area contributed by atoms with Crippen LogP contribution in [0.5, 0.6) is 0 Å². The topological polar surface area (TPSA) is 25.8 Å². The van der Waals surface area contributed by atoms with E-state index < -0.39 is 0 Å². The molecule has 0 fully saturated rings. The Morgan fingerprint density at radius 3 is 2.00 bits per heavy atom. The lowest BCUT2D eigenvalue weighted by Crippen LogP contribution is -2.03. The minimum absolute atomic E-state index is 0.224. The summed E-state index contributed by atoms with van der Waals surface area (Å²) in [6, 6.07) is 11.8. The second-order valence-corrected chi connectivity index (χ2v) is 6.80. The first-order chi connectivity index (χ1) is 12.8. The zero-order chi connectivity index (χ0) is 17.9. The number of aryl methyl sites for hydroxylation is 2. The number of benzene rings is 3. The fraction of sp³-hybridized carbons (Fsp3) is 0.182. The smallest absolute Gasteiger partial charge is 0.142 e. The Kier molecular flexibility index (Phi) is 4.81. The first kappa shape index (κ1) is 16.9. The number of hydrogen-bond donors (Lipinski definition) is 0. The van der Waals surface area contributed by atoms with Crippen molar-refractivity contribution in [3.05, 3.63) is 83.2 Å². The Morgan fingerprint density at radius 1 is 0.692 bits per heavy atom. The third-order valence-corrected chi connectivity index (χ3v) is 5.28. The van der Waals surface area contributed by atoms with Crippen LogP contribution in [0.25, 0.3) is 21.5 Å². The van der Waals surface area contributed by atoms with Crippen LogP contribution in [0.2, 0.25) is 5.02 Å². The summed E-state index contributed by atoms with van der Waals surface area (Å²) < 4.78 is 13.6. The molecular weight excluding hydrogens is 347 g/mol. The van der Waals surface area contributed by atoms with Crippen molar-refractivity contribution in [2.45, 2.75) is 25.7 Å². The number of fused-ring (bicyclic) bond motifs is 5. The normalized spacial score (nSPS) is 13.2. The molecule has 0 bridgehead atoms. The van der Waals surface area contributed by atoms with Crippen molar-refractivity contribution in [2.24, 2.45) is 0 Å². The van der Waals surface area contributed by atoms with Crippen LogP contribution < -0.4 is 0 Å². The maximum atomic E-state index is 13.6. The van der Waals surface area contributed by atoms with Crippen LogP contribution >= 0.6 is 11.6 Å². The fourth-order valence-corrected chi connectivity index (χ4v) is 3.89. The van der Waals surface area contributed by atoms with Gasteiger partial charge >= 0.3 is 0 Å². The molecule has 0 radical (unpaired) electrons. The van der Waals surface area contributed by atoms with E-state index in [4.69, 9.17) is 11.6 Å². The molecule has 0 unspecified atom stereocenters. The van der Waals surface area contributed by atoms with Crippen molar-refractivity contribution in [1.82, 2.24) is 9.97 Å². The summed E-state index contributed by atoms with van der Waals surface area (Å²) in [6.07, 6.45) is 11.4. The quantitative estimate of drug-likeness (QED) is 0.350. The van der Waals surface area contributed by atoms with Gasteiger partial charge in [-0.15, -0.1) is 0 Å². The Balaban J connectivity index is 0.000000240. The van der Waals surface area contributed by atoms with Gasteiger partial charge in [-0.3, -0.25) is 9.97 Å². The monoisotopic (exact) mass is 364 g/mol. The van der Waals surface area contributed by atoms with Gasteiger partial charge < -0.3 is 0 Å². The molecule has 5 rings (SSSR count). The third kappa shape index (κ3) is 3.15. The highest BCUT2D eigenvalue weighted by Crippen LogP contribution is 2.36. The van der Waals surface area contributed by atoms with Gasteiger partial charge in [0.05, 0.1) is 5.02 Å². The van der Waals surface area contributed by atoms with E-state index in [-0.39, 0.29) is 10.8 Å². The second-order valence-electron chi connectivity index (χ2n) is 6.42. The van der Waals surface area contributed by atoms with E-state index >= 15 is 0 Å². The predicted molar refractivity (Wildman–Crippen MR) is 105 cm³/mol. The molecule has 0 N–H and O–H groups in total. The van der Waals surface area contributed by atoms with Gasteiger partial charge in [-0.25, -0.2) is 4.39 Å².